The number of rotatable bonds is 9. The van der Waals surface area contributed by atoms with Crippen molar-refractivity contribution in [3.63, 3.8) is 0 Å². The van der Waals surface area contributed by atoms with Gasteiger partial charge in [-0.25, -0.2) is 4.98 Å². The Morgan fingerprint density at radius 2 is 1.73 bits per heavy atom. The Morgan fingerprint density at radius 3 is 2.39 bits per heavy atom. The van der Waals surface area contributed by atoms with Crippen molar-refractivity contribution < 1.29 is 38.0 Å². The highest BCUT2D eigenvalue weighted by molar-refractivity contribution is 6.66. The zero-order valence-electron chi connectivity index (χ0n) is 24.2. The van der Waals surface area contributed by atoms with Gasteiger partial charge in [0.15, 0.2) is 0 Å². The average Bonchev–Trinajstić information content (AvgIpc) is 2.92. The SMILES string of the molecule is CC(C)C[C@H](NC(=O)[C@@H](NC(=O)c1cccc(-c2ccccc2)n1)[C@@H](C)O)[B-]12OC(=O)CC[N+]1(C)[C@H](C)CC(=O)O2. The molecule has 0 saturated carbocycles. The first-order valence-corrected chi connectivity index (χ1v) is 14.1. The van der Waals surface area contributed by atoms with Crippen LogP contribution in [0.1, 0.15) is 57.4 Å². The van der Waals surface area contributed by atoms with Crippen molar-refractivity contribution in [2.75, 3.05) is 13.6 Å². The fourth-order valence-electron chi connectivity index (χ4n) is 5.93. The van der Waals surface area contributed by atoms with E-state index in [4.69, 9.17) is 9.31 Å². The molecule has 0 bridgehead atoms. The summed E-state index contributed by atoms with van der Waals surface area (Å²) in [4.78, 5) is 56.7. The van der Waals surface area contributed by atoms with Crippen LogP contribution in [0.4, 0.5) is 0 Å². The van der Waals surface area contributed by atoms with Gasteiger partial charge in [-0.05, 0) is 38.3 Å². The Hall–Kier alpha value is -3.77. The number of hydrogen-bond donors (Lipinski definition) is 3. The molecule has 0 aliphatic carbocycles. The number of amides is 2. The van der Waals surface area contributed by atoms with Gasteiger partial charge in [0.05, 0.1) is 43.2 Å². The highest BCUT2D eigenvalue weighted by atomic mass is 16.7. The summed E-state index contributed by atoms with van der Waals surface area (Å²) < 4.78 is 12.0. The molecule has 2 saturated heterocycles. The third-order valence-corrected chi connectivity index (χ3v) is 8.35. The normalized spacial score (nSPS) is 26.2. The maximum absolute atomic E-state index is 13.7. The molecule has 3 N–H and O–H groups in total. The van der Waals surface area contributed by atoms with Crippen LogP contribution in [0.3, 0.4) is 0 Å². The lowest BCUT2D eigenvalue weighted by Gasteiger charge is -2.64. The monoisotopic (exact) mass is 566 g/mol. The van der Waals surface area contributed by atoms with Gasteiger partial charge >= 0.3 is 6.69 Å². The summed E-state index contributed by atoms with van der Waals surface area (Å²) in [6, 6.07) is 12.8. The summed E-state index contributed by atoms with van der Waals surface area (Å²) in [6.45, 7) is 4.87. The van der Waals surface area contributed by atoms with Crippen molar-refractivity contribution in [1.82, 2.24) is 15.6 Å². The van der Waals surface area contributed by atoms with Crippen molar-refractivity contribution in [2.24, 2.45) is 5.92 Å². The fraction of sp³-hybridized carbons (Fsp3) is 0.483. The molecule has 2 amide bonds. The van der Waals surface area contributed by atoms with E-state index in [1.54, 1.807) is 12.1 Å². The number of nitrogens with zero attached hydrogens (tertiary/aromatic N) is 2. The van der Waals surface area contributed by atoms with Gasteiger partial charge in [-0.1, -0.05) is 50.2 Å². The van der Waals surface area contributed by atoms with E-state index in [-0.39, 0.29) is 34.9 Å². The van der Waals surface area contributed by atoms with Crippen LogP contribution in [0.15, 0.2) is 48.5 Å². The predicted molar refractivity (Wildman–Crippen MR) is 152 cm³/mol. The summed E-state index contributed by atoms with van der Waals surface area (Å²) in [7, 11) is 1.88. The Bertz CT molecular complexity index is 1300. The standard InChI is InChI=1S/C29H39BN4O7/c1-18(2)16-24(30-34(5,15-14-25(36)40-30)19(3)17-26(37)41-30)32-29(39)27(20(4)35)33-28(38)23-13-9-12-22(31-23)21-10-7-6-8-11-21/h6-13,18-20,24,27,35H,14-17H2,1-5H3,(H,32,39)(H,33,38)/t19-,20-,24+,27+,30?,34?/m1/s1. The van der Waals surface area contributed by atoms with E-state index in [0.29, 0.717) is 18.7 Å². The van der Waals surface area contributed by atoms with E-state index >= 15 is 0 Å². The third-order valence-electron chi connectivity index (χ3n) is 8.35. The Morgan fingerprint density at radius 1 is 1.05 bits per heavy atom. The summed E-state index contributed by atoms with van der Waals surface area (Å²) in [5.74, 6) is -3.22. The number of hydrogen-bond acceptors (Lipinski definition) is 8. The lowest BCUT2D eigenvalue weighted by molar-refractivity contribution is -0.859. The smallest absolute Gasteiger partial charge is 0.603 e. The van der Waals surface area contributed by atoms with Crippen LogP contribution < -0.4 is 10.6 Å². The van der Waals surface area contributed by atoms with Gasteiger partial charge in [0.25, 0.3) is 17.8 Å². The number of nitrogens with one attached hydrogen (secondary N) is 2. The second-order valence-electron chi connectivity index (χ2n) is 11.8. The number of aliphatic hydroxyl groups is 1. The average molecular weight is 566 g/mol. The summed E-state index contributed by atoms with van der Waals surface area (Å²) in [5.41, 5.74) is 1.48. The molecule has 2 aromatic rings. The lowest BCUT2D eigenvalue weighted by Crippen LogP contribution is -2.85. The second-order valence-corrected chi connectivity index (χ2v) is 11.8. The minimum atomic E-state index is -2.69. The van der Waals surface area contributed by atoms with Crippen molar-refractivity contribution in [2.45, 2.75) is 71.1 Å². The number of benzene rings is 1. The molecule has 12 heteroatoms. The van der Waals surface area contributed by atoms with E-state index in [0.717, 1.165) is 5.56 Å². The number of aliphatic hydroxyl groups excluding tert-OH is 1. The lowest BCUT2D eigenvalue weighted by atomic mass is 9.53. The predicted octanol–water partition coefficient (Wildman–Crippen LogP) is 1.97. The van der Waals surface area contributed by atoms with Crippen molar-refractivity contribution in [3.8, 4) is 11.3 Å². The zero-order valence-corrected chi connectivity index (χ0v) is 24.2. The number of aromatic nitrogens is 1. The van der Waals surface area contributed by atoms with Gasteiger partial charge in [-0.3, -0.25) is 19.2 Å². The molecule has 0 spiro atoms. The molecule has 2 aliphatic heterocycles. The fourth-order valence-corrected chi connectivity index (χ4v) is 5.93. The molecule has 1 aromatic heterocycles. The van der Waals surface area contributed by atoms with E-state index in [9.17, 15) is 24.3 Å². The van der Waals surface area contributed by atoms with Crippen LogP contribution in [0, 0.1) is 5.92 Å². The Balaban J connectivity index is 1.61. The highest BCUT2D eigenvalue weighted by Crippen LogP contribution is 2.39. The minimum Gasteiger partial charge on any atom is -0.603 e. The molecular weight excluding hydrogens is 527 g/mol. The molecule has 1 aromatic carbocycles. The summed E-state index contributed by atoms with van der Waals surface area (Å²) >= 11 is 0. The van der Waals surface area contributed by atoms with Gasteiger partial charge in [0.2, 0.25) is 5.91 Å². The molecule has 220 valence electrons. The van der Waals surface area contributed by atoms with Crippen LogP contribution >= 0.6 is 0 Å². The molecule has 0 radical (unpaired) electrons. The van der Waals surface area contributed by atoms with Gasteiger partial charge < -0.3 is 29.4 Å². The summed E-state index contributed by atoms with van der Waals surface area (Å²) in [6.07, 6.45) is -0.635. The van der Waals surface area contributed by atoms with Crippen LogP contribution in [-0.4, -0.2) is 82.6 Å². The maximum Gasteiger partial charge on any atom is 0.604 e. The van der Waals surface area contributed by atoms with E-state index in [2.05, 4.69) is 15.6 Å². The second kappa shape index (κ2) is 12.0. The van der Waals surface area contributed by atoms with Gasteiger partial charge in [0.1, 0.15) is 11.7 Å². The molecule has 2 aliphatic rings. The topological polar surface area (TPSA) is 144 Å². The molecule has 41 heavy (non-hydrogen) atoms. The van der Waals surface area contributed by atoms with Crippen molar-refractivity contribution in [1.29, 1.82) is 0 Å². The van der Waals surface area contributed by atoms with Crippen LogP contribution in [0.5, 0.6) is 0 Å². The molecular formula is C29H39BN4O7. The van der Waals surface area contributed by atoms with Gasteiger partial charge in [-0.15, -0.1) is 0 Å². The van der Waals surface area contributed by atoms with Crippen LogP contribution in [0.2, 0.25) is 0 Å². The van der Waals surface area contributed by atoms with Gasteiger partial charge in [-0.2, -0.15) is 0 Å². The first-order chi connectivity index (χ1) is 19.4. The van der Waals surface area contributed by atoms with E-state index < -0.39 is 48.5 Å². The first kappa shape index (κ1) is 30.2. The van der Waals surface area contributed by atoms with Crippen molar-refractivity contribution in [3.05, 3.63) is 54.2 Å². The summed E-state index contributed by atoms with van der Waals surface area (Å²) in [5, 5.41) is 16.1. The van der Waals surface area contributed by atoms with Crippen molar-refractivity contribution >= 4 is 30.4 Å². The zero-order chi connectivity index (χ0) is 29.9. The Labute approximate surface area is 240 Å². The van der Waals surface area contributed by atoms with E-state index in [1.807, 2.05) is 58.2 Å². The minimum absolute atomic E-state index is 0.0195. The molecule has 11 nitrogen and oxygen atoms in total. The quantitative estimate of drug-likeness (QED) is 0.391. The number of carbonyl (C=O) groups excluding carboxylic acids is 4. The number of quaternary nitrogens is 1. The van der Waals surface area contributed by atoms with Crippen LogP contribution in [0.25, 0.3) is 11.3 Å². The maximum atomic E-state index is 13.7. The molecule has 2 unspecified atom stereocenters. The number of pyridine rings is 1. The number of fused-ring (bicyclic) bond motifs is 1. The molecule has 4 rings (SSSR count). The largest absolute Gasteiger partial charge is 0.604 e. The van der Waals surface area contributed by atoms with Gasteiger partial charge in [0, 0.05) is 12.6 Å². The third kappa shape index (κ3) is 6.13. The molecule has 6 atom stereocenters. The highest BCUT2D eigenvalue weighted by Gasteiger charge is 2.66. The Kier molecular flexibility index (Phi) is 8.84. The van der Waals surface area contributed by atoms with Crippen LogP contribution in [-0.2, 0) is 23.7 Å². The first-order valence-electron chi connectivity index (χ1n) is 14.1. The molecule has 3 heterocycles. The number of carbonyl (C=O) groups is 4. The molecule has 2 fully saturated rings. The van der Waals surface area contributed by atoms with E-state index in [1.165, 1.54) is 13.0 Å².